The quantitative estimate of drug-likeness (QED) is 0.432. The van der Waals surface area contributed by atoms with Crippen molar-refractivity contribution >= 4 is 15.6 Å². The molecule has 2 aromatic heterocycles. The molecule has 0 radical (unpaired) electrons. The lowest BCUT2D eigenvalue weighted by Gasteiger charge is -2.23. The normalized spacial score (nSPS) is 14.1. The van der Waals surface area contributed by atoms with Crippen molar-refractivity contribution in [2.75, 3.05) is 6.61 Å². The first-order chi connectivity index (χ1) is 16.2. The molecule has 0 bridgehead atoms. The summed E-state index contributed by atoms with van der Waals surface area (Å²) in [6, 6.07) is 11.4. The molecule has 0 amide bonds. The summed E-state index contributed by atoms with van der Waals surface area (Å²) in [5.41, 5.74) is 2.47. The van der Waals surface area contributed by atoms with Gasteiger partial charge in [0.2, 0.25) is 0 Å². The lowest BCUT2D eigenvalue weighted by molar-refractivity contribution is -0.122. The third kappa shape index (κ3) is 5.50. The average molecular weight is 480 g/mol. The van der Waals surface area contributed by atoms with Gasteiger partial charge in [-0.25, -0.2) is 18.4 Å². The summed E-state index contributed by atoms with van der Waals surface area (Å²) >= 11 is 0. The zero-order chi connectivity index (χ0) is 24.3. The van der Waals surface area contributed by atoms with Crippen LogP contribution in [-0.2, 0) is 32.2 Å². The van der Waals surface area contributed by atoms with E-state index in [9.17, 15) is 13.2 Å². The van der Waals surface area contributed by atoms with Crippen LogP contribution < -0.4 is 4.74 Å². The molecule has 0 spiro atoms. The number of hydrogen-bond donors (Lipinski definition) is 0. The van der Waals surface area contributed by atoms with Crippen molar-refractivity contribution in [3.8, 4) is 16.9 Å². The van der Waals surface area contributed by atoms with Crippen LogP contribution in [0, 0.1) is 0 Å². The first-order valence-corrected chi connectivity index (χ1v) is 13.1. The van der Waals surface area contributed by atoms with Crippen molar-refractivity contribution < 1.29 is 17.9 Å². The first kappa shape index (κ1) is 24.0. The van der Waals surface area contributed by atoms with Crippen LogP contribution in [0.5, 0.6) is 5.75 Å². The number of hydrogen-bond acceptors (Lipinski definition) is 7. The lowest BCUT2D eigenvalue weighted by atomic mass is 9.81. The van der Waals surface area contributed by atoms with Crippen molar-refractivity contribution in [1.29, 1.82) is 0 Å². The number of carbonyl (C=O) groups excluding carboxylic acids is 1. The average Bonchev–Trinajstić information content (AvgIpc) is 3.66. The fraction of sp³-hybridized carbons (Fsp3) is 0.385. The second-order valence-electron chi connectivity index (χ2n) is 9.13. The van der Waals surface area contributed by atoms with E-state index in [-0.39, 0.29) is 29.0 Å². The monoisotopic (exact) mass is 479 g/mol. The molecule has 1 aliphatic rings. The lowest BCUT2D eigenvalue weighted by Crippen LogP contribution is -2.32. The molecule has 0 saturated heterocycles. The van der Waals surface area contributed by atoms with Gasteiger partial charge >= 0.3 is 0 Å². The number of pyridine rings is 1. The summed E-state index contributed by atoms with van der Waals surface area (Å²) in [4.78, 5) is 26.0. The van der Waals surface area contributed by atoms with Crippen molar-refractivity contribution in [3.63, 3.8) is 0 Å². The predicted molar refractivity (Wildman–Crippen MR) is 130 cm³/mol. The summed E-state index contributed by atoms with van der Waals surface area (Å²) < 4.78 is 30.2. The SMILES string of the molecule is CCOc1cncc(-c2ccc(CC(=O)C(C)(C)c3ccnc(CS(=O)(=O)C4CC4)n3)cc2)c1. The highest BCUT2D eigenvalue weighted by atomic mass is 32.2. The van der Waals surface area contributed by atoms with Gasteiger partial charge < -0.3 is 4.74 Å². The van der Waals surface area contributed by atoms with Gasteiger partial charge in [0.05, 0.1) is 29.2 Å². The zero-order valence-electron chi connectivity index (χ0n) is 19.7. The van der Waals surface area contributed by atoms with Crippen molar-refractivity contribution in [2.45, 2.75) is 56.5 Å². The number of sulfone groups is 1. The fourth-order valence-electron chi connectivity index (χ4n) is 3.73. The number of Topliss-reactive ketones (excluding diaryl/α,β-unsaturated/α-hetero) is 1. The molecule has 0 atom stereocenters. The maximum absolute atomic E-state index is 13.2. The molecule has 2 heterocycles. The number of ketones is 1. The van der Waals surface area contributed by atoms with E-state index >= 15 is 0 Å². The number of aromatic nitrogens is 3. The summed E-state index contributed by atoms with van der Waals surface area (Å²) in [6.07, 6.45) is 6.65. The molecule has 0 unspecified atom stereocenters. The van der Waals surface area contributed by atoms with Crippen LogP contribution in [0.15, 0.2) is 55.0 Å². The molecular formula is C26H29N3O4S. The van der Waals surface area contributed by atoms with Gasteiger partial charge in [-0.3, -0.25) is 9.78 Å². The number of rotatable bonds is 10. The molecule has 1 aliphatic carbocycles. The summed E-state index contributed by atoms with van der Waals surface area (Å²) in [6.45, 7) is 6.14. The van der Waals surface area contributed by atoms with E-state index in [2.05, 4.69) is 15.0 Å². The molecule has 1 aromatic carbocycles. The highest BCUT2D eigenvalue weighted by Crippen LogP contribution is 2.31. The molecule has 1 fully saturated rings. The molecule has 3 aromatic rings. The summed E-state index contributed by atoms with van der Waals surface area (Å²) in [5.74, 6) is 0.777. The largest absolute Gasteiger partial charge is 0.492 e. The fourth-order valence-corrected chi connectivity index (χ4v) is 5.32. The van der Waals surface area contributed by atoms with Crippen molar-refractivity contribution in [1.82, 2.24) is 15.0 Å². The second-order valence-corrected chi connectivity index (χ2v) is 11.4. The molecule has 1 saturated carbocycles. The van der Waals surface area contributed by atoms with Crippen LogP contribution >= 0.6 is 0 Å². The summed E-state index contributed by atoms with van der Waals surface area (Å²) in [5, 5.41) is -0.269. The third-order valence-electron chi connectivity index (χ3n) is 6.08. The van der Waals surface area contributed by atoms with Crippen LogP contribution in [0.25, 0.3) is 11.1 Å². The number of benzene rings is 1. The predicted octanol–water partition coefficient (Wildman–Crippen LogP) is 4.10. The highest BCUT2D eigenvalue weighted by Gasteiger charge is 2.37. The Kier molecular flexibility index (Phi) is 6.79. The Hall–Kier alpha value is -3.13. The standard InChI is InChI=1S/C26H29N3O4S/c1-4-33-21-14-20(15-27-16-21)19-7-5-18(6-8-19)13-24(30)26(2,3)23-11-12-28-25(29-23)17-34(31,32)22-9-10-22/h5-8,11-12,14-16,22H,4,9-10,13,17H2,1-3H3. The van der Waals surface area contributed by atoms with E-state index in [1.807, 2.05) is 51.1 Å². The highest BCUT2D eigenvalue weighted by molar-refractivity contribution is 7.91. The van der Waals surface area contributed by atoms with E-state index in [1.54, 1.807) is 18.5 Å². The minimum absolute atomic E-state index is 0.00467. The molecular weight excluding hydrogens is 450 g/mol. The van der Waals surface area contributed by atoms with E-state index in [4.69, 9.17) is 4.74 Å². The van der Waals surface area contributed by atoms with Gasteiger partial charge in [-0.15, -0.1) is 0 Å². The van der Waals surface area contributed by atoms with Gasteiger partial charge in [-0.1, -0.05) is 24.3 Å². The Bertz CT molecular complexity index is 1280. The first-order valence-electron chi connectivity index (χ1n) is 11.4. The second kappa shape index (κ2) is 9.62. The molecule has 8 heteroatoms. The van der Waals surface area contributed by atoms with Crippen molar-refractivity contribution in [3.05, 3.63) is 72.1 Å². The smallest absolute Gasteiger partial charge is 0.160 e. The Balaban J connectivity index is 1.46. The molecule has 0 aliphatic heterocycles. The van der Waals surface area contributed by atoms with Crippen molar-refractivity contribution in [2.24, 2.45) is 0 Å². The van der Waals surface area contributed by atoms with E-state index in [1.165, 1.54) is 6.20 Å². The number of ether oxygens (including phenoxy) is 1. The van der Waals surface area contributed by atoms with Crippen LogP contribution in [0.4, 0.5) is 0 Å². The van der Waals surface area contributed by atoms with Gasteiger partial charge in [0.1, 0.15) is 23.1 Å². The Labute approximate surface area is 200 Å². The van der Waals surface area contributed by atoms with E-state index in [0.717, 1.165) is 22.4 Å². The van der Waals surface area contributed by atoms with Gasteiger partial charge in [0, 0.05) is 24.4 Å². The maximum Gasteiger partial charge on any atom is 0.160 e. The minimum Gasteiger partial charge on any atom is -0.492 e. The Morgan fingerprint density at radius 1 is 1.09 bits per heavy atom. The van der Waals surface area contributed by atoms with Gasteiger partial charge in [-0.05, 0) is 56.9 Å². The third-order valence-corrected chi connectivity index (χ3v) is 8.23. The van der Waals surface area contributed by atoms with Crippen LogP contribution in [0.2, 0.25) is 0 Å². The van der Waals surface area contributed by atoms with Gasteiger partial charge in [0.25, 0.3) is 0 Å². The van der Waals surface area contributed by atoms with Crippen LogP contribution in [0.3, 0.4) is 0 Å². The van der Waals surface area contributed by atoms with Gasteiger partial charge in [-0.2, -0.15) is 0 Å². The topological polar surface area (TPSA) is 99.1 Å². The molecule has 0 N–H and O–H groups in total. The Morgan fingerprint density at radius 2 is 1.82 bits per heavy atom. The molecule has 7 nitrogen and oxygen atoms in total. The minimum atomic E-state index is -3.23. The molecule has 34 heavy (non-hydrogen) atoms. The van der Waals surface area contributed by atoms with Gasteiger partial charge in [0.15, 0.2) is 9.84 Å². The molecule has 178 valence electrons. The maximum atomic E-state index is 13.2. The van der Waals surface area contributed by atoms with Crippen LogP contribution in [-0.4, -0.2) is 41.0 Å². The zero-order valence-corrected chi connectivity index (χ0v) is 20.5. The van der Waals surface area contributed by atoms with Crippen LogP contribution in [0.1, 0.15) is 50.7 Å². The van der Waals surface area contributed by atoms with E-state index in [0.29, 0.717) is 25.1 Å². The summed E-state index contributed by atoms with van der Waals surface area (Å²) in [7, 11) is -3.23. The molecule has 4 rings (SSSR count). The number of carbonyl (C=O) groups is 1. The Morgan fingerprint density at radius 3 is 2.50 bits per heavy atom. The van der Waals surface area contributed by atoms with E-state index < -0.39 is 15.3 Å². The number of nitrogens with zero attached hydrogens (tertiary/aromatic N) is 3.